The number of morpholine rings is 1. The van der Waals surface area contributed by atoms with Crippen LogP contribution >= 0.6 is 0 Å². The zero-order valence-electron chi connectivity index (χ0n) is 18.7. The van der Waals surface area contributed by atoms with Gasteiger partial charge in [0.15, 0.2) is 0 Å². The number of piperidine rings is 2. The van der Waals surface area contributed by atoms with Crippen molar-refractivity contribution >= 4 is 23.4 Å². The molecular formula is C24H34N4O4. The van der Waals surface area contributed by atoms with Crippen molar-refractivity contribution in [1.29, 1.82) is 0 Å². The van der Waals surface area contributed by atoms with Gasteiger partial charge < -0.3 is 19.9 Å². The largest absolute Gasteiger partial charge is 0.378 e. The third-order valence-corrected chi connectivity index (χ3v) is 6.88. The lowest BCUT2D eigenvalue weighted by Crippen LogP contribution is -2.49. The summed E-state index contributed by atoms with van der Waals surface area (Å²) >= 11 is 0. The van der Waals surface area contributed by atoms with Crippen LogP contribution in [0, 0.1) is 11.8 Å². The highest BCUT2D eigenvalue weighted by Gasteiger charge is 2.32. The molecule has 4 rings (SSSR count). The van der Waals surface area contributed by atoms with Crippen LogP contribution in [0.5, 0.6) is 0 Å². The first-order valence-corrected chi connectivity index (χ1v) is 11.8. The highest BCUT2D eigenvalue weighted by Crippen LogP contribution is 2.22. The lowest BCUT2D eigenvalue weighted by Gasteiger charge is -2.37. The summed E-state index contributed by atoms with van der Waals surface area (Å²) in [5.74, 6) is 0.426. The molecule has 3 aliphatic rings. The Hall–Kier alpha value is -2.45. The van der Waals surface area contributed by atoms with Crippen molar-refractivity contribution < 1.29 is 19.1 Å². The quantitative estimate of drug-likeness (QED) is 0.746. The number of nitrogens with one attached hydrogen (secondary N) is 1. The van der Waals surface area contributed by atoms with Crippen LogP contribution in [0.1, 0.15) is 25.7 Å². The number of hydrogen-bond acceptors (Lipinski definition) is 5. The van der Waals surface area contributed by atoms with E-state index in [4.69, 9.17) is 4.74 Å². The van der Waals surface area contributed by atoms with Gasteiger partial charge in [0.05, 0.1) is 19.8 Å². The molecule has 174 valence electrons. The number of likely N-dealkylation sites (tertiary alicyclic amines) is 2. The van der Waals surface area contributed by atoms with Gasteiger partial charge in [-0.25, -0.2) is 0 Å². The maximum Gasteiger partial charge on any atom is 0.236 e. The van der Waals surface area contributed by atoms with Crippen molar-refractivity contribution in [3.63, 3.8) is 0 Å². The number of carbonyl (C=O) groups is 3. The fraction of sp³-hybridized carbons (Fsp3) is 0.625. The predicted molar refractivity (Wildman–Crippen MR) is 121 cm³/mol. The molecule has 32 heavy (non-hydrogen) atoms. The number of carbonyl (C=O) groups excluding carboxylic acids is 3. The lowest BCUT2D eigenvalue weighted by molar-refractivity contribution is -0.141. The molecule has 3 amide bonds. The first-order valence-electron chi connectivity index (χ1n) is 11.8. The average Bonchev–Trinajstić information content (AvgIpc) is 2.85. The second-order valence-electron chi connectivity index (χ2n) is 9.00. The molecule has 0 spiro atoms. The van der Waals surface area contributed by atoms with E-state index >= 15 is 0 Å². The monoisotopic (exact) mass is 442 g/mol. The average molecular weight is 443 g/mol. The Morgan fingerprint density at radius 3 is 2.09 bits per heavy atom. The molecule has 0 saturated carbocycles. The Balaban J connectivity index is 1.16. The number of anilines is 1. The molecule has 0 atom stereocenters. The summed E-state index contributed by atoms with van der Waals surface area (Å²) in [5, 5.41) is 2.97. The zero-order chi connectivity index (χ0) is 22.3. The van der Waals surface area contributed by atoms with Crippen LogP contribution in [0.15, 0.2) is 30.3 Å². The molecular weight excluding hydrogens is 408 g/mol. The molecule has 0 aliphatic carbocycles. The van der Waals surface area contributed by atoms with Crippen LogP contribution in [0.2, 0.25) is 0 Å². The van der Waals surface area contributed by atoms with Crippen molar-refractivity contribution in [2.75, 3.05) is 64.3 Å². The first kappa shape index (κ1) is 22.7. The predicted octanol–water partition coefficient (Wildman–Crippen LogP) is 1.43. The van der Waals surface area contributed by atoms with Gasteiger partial charge in [0.25, 0.3) is 0 Å². The Morgan fingerprint density at radius 2 is 1.44 bits per heavy atom. The molecule has 1 N–H and O–H groups in total. The van der Waals surface area contributed by atoms with Gasteiger partial charge in [-0.15, -0.1) is 0 Å². The summed E-state index contributed by atoms with van der Waals surface area (Å²) in [6, 6.07) is 9.49. The van der Waals surface area contributed by atoms with Crippen LogP contribution in [-0.4, -0.2) is 91.4 Å². The van der Waals surface area contributed by atoms with Crippen molar-refractivity contribution in [2.24, 2.45) is 11.8 Å². The van der Waals surface area contributed by atoms with E-state index in [2.05, 4.69) is 10.2 Å². The van der Waals surface area contributed by atoms with Gasteiger partial charge in [-0.2, -0.15) is 0 Å². The second-order valence-corrected chi connectivity index (χ2v) is 9.00. The summed E-state index contributed by atoms with van der Waals surface area (Å²) in [4.78, 5) is 43.9. The standard InChI is InChI=1S/C24H34N4O4/c29-22(18-26-10-6-20(7-11-26)24(31)28-14-16-32-17-15-28)27-12-8-19(9-13-27)23(30)25-21-4-2-1-3-5-21/h1-5,19-20H,6-18H2,(H,25,30). The number of amides is 3. The number of nitrogens with zero attached hydrogens (tertiary/aromatic N) is 3. The molecule has 3 aliphatic heterocycles. The van der Waals surface area contributed by atoms with Crippen molar-refractivity contribution in [1.82, 2.24) is 14.7 Å². The number of rotatable bonds is 5. The van der Waals surface area contributed by atoms with Crippen LogP contribution in [0.25, 0.3) is 0 Å². The van der Waals surface area contributed by atoms with Crippen LogP contribution in [-0.2, 0) is 19.1 Å². The minimum Gasteiger partial charge on any atom is -0.378 e. The van der Waals surface area contributed by atoms with E-state index in [0.717, 1.165) is 31.6 Å². The van der Waals surface area contributed by atoms with E-state index in [1.54, 1.807) is 0 Å². The highest BCUT2D eigenvalue weighted by atomic mass is 16.5. The molecule has 1 aromatic rings. The fourth-order valence-electron chi connectivity index (χ4n) is 4.83. The Morgan fingerprint density at radius 1 is 0.812 bits per heavy atom. The van der Waals surface area contributed by atoms with Crippen LogP contribution in [0.3, 0.4) is 0 Å². The normalized spacial score (nSPS) is 21.4. The molecule has 0 unspecified atom stereocenters. The van der Waals surface area contributed by atoms with E-state index in [-0.39, 0.29) is 29.6 Å². The van der Waals surface area contributed by atoms with Gasteiger partial charge in [0.1, 0.15) is 0 Å². The van der Waals surface area contributed by atoms with E-state index in [1.165, 1.54) is 0 Å². The SMILES string of the molecule is O=C(Nc1ccccc1)C1CCN(C(=O)CN2CCC(C(=O)N3CCOCC3)CC2)CC1. The first-order chi connectivity index (χ1) is 15.6. The summed E-state index contributed by atoms with van der Waals surface area (Å²) in [6.07, 6.45) is 3.01. The Bertz CT molecular complexity index is 780. The maximum absolute atomic E-state index is 12.8. The van der Waals surface area contributed by atoms with Crippen molar-refractivity contribution in [3.8, 4) is 0 Å². The minimum atomic E-state index is -0.0544. The van der Waals surface area contributed by atoms with Gasteiger partial charge in [-0.05, 0) is 50.9 Å². The summed E-state index contributed by atoms with van der Waals surface area (Å²) in [6.45, 7) is 5.85. The van der Waals surface area contributed by atoms with E-state index in [0.29, 0.717) is 58.8 Å². The summed E-state index contributed by atoms with van der Waals surface area (Å²) < 4.78 is 5.34. The fourth-order valence-corrected chi connectivity index (χ4v) is 4.83. The number of para-hydroxylation sites is 1. The molecule has 0 radical (unpaired) electrons. The molecule has 0 aromatic heterocycles. The molecule has 0 bridgehead atoms. The molecule has 3 saturated heterocycles. The maximum atomic E-state index is 12.8. The summed E-state index contributed by atoms with van der Waals surface area (Å²) in [7, 11) is 0. The number of benzene rings is 1. The number of ether oxygens (including phenoxy) is 1. The van der Waals surface area contributed by atoms with Gasteiger partial charge in [0.2, 0.25) is 17.7 Å². The van der Waals surface area contributed by atoms with Crippen molar-refractivity contribution in [2.45, 2.75) is 25.7 Å². The van der Waals surface area contributed by atoms with Gasteiger partial charge in [-0.1, -0.05) is 18.2 Å². The van der Waals surface area contributed by atoms with E-state index in [9.17, 15) is 14.4 Å². The lowest BCUT2D eigenvalue weighted by atomic mass is 9.94. The molecule has 8 heteroatoms. The van der Waals surface area contributed by atoms with Crippen LogP contribution in [0.4, 0.5) is 5.69 Å². The minimum absolute atomic E-state index is 0.0373. The van der Waals surface area contributed by atoms with Crippen molar-refractivity contribution in [3.05, 3.63) is 30.3 Å². The topological polar surface area (TPSA) is 82.2 Å². The van der Waals surface area contributed by atoms with Gasteiger partial charge >= 0.3 is 0 Å². The van der Waals surface area contributed by atoms with E-state index in [1.807, 2.05) is 40.1 Å². The third-order valence-electron chi connectivity index (χ3n) is 6.88. The third kappa shape index (κ3) is 5.86. The Kier molecular flexibility index (Phi) is 7.76. The van der Waals surface area contributed by atoms with E-state index < -0.39 is 0 Å². The zero-order valence-corrected chi connectivity index (χ0v) is 18.7. The van der Waals surface area contributed by atoms with Gasteiger partial charge in [-0.3, -0.25) is 19.3 Å². The highest BCUT2D eigenvalue weighted by molar-refractivity contribution is 5.92. The molecule has 3 fully saturated rings. The molecule has 8 nitrogen and oxygen atoms in total. The van der Waals surface area contributed by atoms with Crippen LogP contribution < -0.4 is 5.32 Å². The summed E-state index contributed by atoms with van der Waals surface area (Å²) in [5.41, 5.74) is 0.812. The smallest absolute Gasteiger partial charge is 0.236 e. The number of hydrogen-bond donors (Lipinski definition) is 1. The molecule has 3 heterocycles. The van der Waals surface area contributed by atoms with Gasteiger partial charge in [0, 0.05) is 43.7 Å². The second kappa shape index (κ2) is 10.9. The Labute approximate surface area is 189 Å². The molecule has 1 aromatic carbocycles.